The second kappa shape index (κ2) is 15.4. The molecule has 0 radical (unpaired) electrons. The first-order valence-electron chi connectivity index (χ1n) is 13.8. The number of anilines is 3. The fourth-order valence-electron chi connectivity index (χ4n) is 4.49. The number of amides is 1. The quantitative estimate of drug-likeness (QED) is 0.316. The van der Waals surface area contributed by atoms with E-state index in [4.69, 9.17) is 19.2 Å². The van der Waals surface area contributed by atoms with E-state index in [-0.39, 0.29) is 5.91 Å². The molecule has 3 N–H and O–H groups in total. The van der Waals surface area contributed by atoms with Crippen LogP contribution in [0.4, 0.5) is 17.8 Å². The Hall–Kier alpha value is -3.02. The Morgan fingerprint density at radius 2 is 1.61 bits per heavy atom. The average molecular weight is 528 g/mol. The molecule has 38 heavy (non-hydrogen) atoms. The van der Waals surface area contributed by atoms with Gasteiger partial charge in [0.1, 0.15) is 0 Å². The fraction of sp³-hybridized carbons (Fsp3) is 0.630. The first-order valence-corrected chi connectivity index (χ1v) is 13.8. The molecule has 0 atom stereocenters. The van der Waals surface area contributed by atoms with Crippen LogP contribution in [-0.2, 0) is 14.2 Å². The lowest BCUT2D eigenvalue weighted by Crippen LogP contribution is -2.38. The molecular formula is C27H41N7O4. The number of ether oxygens (including phenoxy) is 3. The smallest absolute Gasteiger partial charge is 0.251 e. The lowest BCUT2D eigenvalue weighted by atomic mass is 9.87. The Morgan fingerprint density at radius 1 is 0.921 bits per heavy atom. The van der Waals surface area contributed by atoms with Gasteiger partial charge < -0.3 is 35.1 Å². The van der Waals surface area contributed by atoms with Crippen LogP contribution < -0.4 is 20.9 Å². The van der Waals surface area contributed by atoms with Gasteiger partial charge >= 0.3 is 0 Å². The van der Waals surface area contributed by atoms with E-state index in [0.717, 1.165) is 31.8 Å². The van der Waals surface area contributed by atoms with Gasteiger partial charge in [-0.25, -0.2) is 0 Å². The van der Waals surface area contributed by atoms with Gasteiger partial charge in [-0.05, 0) is 43.7 Å². The Kier molecular flexibility index (Phi) is 11.4. The van der Waals surface area contributed by atoms with Crippen LogP contribution in [0, 0.1) is 5.92 Å². The van der Waals surface area contributed by atoms with E-state index in [0.29, 0.717) is 82.2 Å². The maximum atomic E-state index is 12.0. The Balaban J connectivity index is 1.14. The highest BCUT2D eigenvalue weighted by Gasteiger charge is 2.21. The third-order valence-electron chi connectivity index (χ3n) is 6.74. The number of nitrogens with zero attached hydrogens (tertiary/aromatic N) is 4. The van der Waals surface area contributed by atoms with Crippen LogP contribution in [0.3, 0.4) is 0 Å². The Labute approximate surface area is 225 Å². The lowest BCUT2D eigenvalue weighted by molar-refractivity contribution is 0.0519. The summed E-state index contributed by atoms with van der Waals surface area (Å²) < 4.78 is 16.7. The number of carbonyl (C=O) groups is 1. The Morgan fingerprint density at radius 3 is 2.34 bits per heavy atom. The summed E-state index contributed by atoms with van der Waals surface area (Å²) in [7, 11) is 0. The highest BCUT2D eigenvalue weighted by Crippen LogP contribution is 2.26. The van der Waals surface area contributed by atoms with Gasteiger partial charge in [0, 0.05) is 37.8 Å². The second-order valence-corrected chi connectivity index (χ2v) is 9.76. The molecule has 1 aliphatic carbocycles. The number of benzene rings is 1. The monoisotopic (exact) mass is 527 g/mol. The van der Waals surface area contributed by atoms with Crippen LogP contribution >= 0.6 is 0 Å². The van der Waals surface area contributed by atoms with Crippen molar-refractivity contribution >= 4 is 23.8 Å². The van der Waals surface area contributed by atoms with E-state index in [9.17, 15) is 4.79 Å². The molecule has 2 heterocycles. The minimum Gasteiger partial charge on any atom is -0.378 e. The number of rotatable bonds is 14. The van der Waals surface area contributed by atoms with E-state index >= 15 is 0 Å². The highest BCUT2D eigenvalue weighted by molar-refractivity contribution is 5.94. The van der Waals surface area contributed by atoms with Crippen molar-refractivity contribution in [3.63, 3.8) is 0 Å². The second-order valence-electron chi connectivity index (χ2n) is 9.76. The van der Waals surface area contributed by atoms with Gasteiger partial charge in [0.2, 0.25) is 17.8 Å². The van der Waals surface area contributed by atoms with Crippen LogP contribution in [-0.4, -0.2) is 92.7 Å². The van der Waals surface area contributed by atoms with Crippen molar-refractivity contribution in [1.82, 2.24) is 20.3 Å². The van der Waals surface area contributed by atoms with Crippen LogP contribution in [0.2, 0.25) is 0 Å². The predicted octanol–water partition coefficient (Wildman–Crippen LogP) is 2.57. The number of nitrogens with one attached hydrogen (secondary N) is 3. The van der Waals surface area contributed by atoms with Crippen molar-refractivity contribution in [2.24, 2.45) is 5.92 Å². The van der Waals surface area contributed by atoms with Crippen LogP contribution in [0.15, 0.2) is 30.3 Å². The van der Waals surface area contributed by atoms with Crippen molar-refractivity contribution in [1.29, 1.82) is 0 Å². The van der Waals surface area contributed by atoms with E-state index in [2.05, 4.69) is 37.7 Å². The molecular weight excluding hydrogens is 486 g/mol. The third-order valence-corrected chi connectivity index (χ3v) is 6.74. The summed E-state index contributed by atoms with van der Waals surface area (Å²) in [6.45, 7) is 8.08. The summed E-state index contributed by atoms with van der Waals surface area (Å²) in [4.78, 5) is 28.1. The van der Waals surface area contributed by atoms with Gasteiger partial charge in [0.15, 0.2) is 0 Å². The number of hydrogen-bond donors (Lipinski definition) is 3. The van der Waals surface area contributed by atoms with Crippen molar-refractivity contribution < 1.29 is 19.0 Å². The molecule has 2 aliphatic rings. The van der Waals surface area contributed by atoms with Gasteiger partial charge in [0.25, 0.3) is 5.91 Å². The van der Waals surface area contributed by atoms with E-state index in [1.54, 1.807) is 12.1 Å². The molecule has 1 aromatic heterocycles. The van der Waals surface area contributed by atoms with E-state index in [1.807, 2.05) is 18.2 Å². The van der Waals surface area contributed by atoms with Gasteiger partial charge in [-0.1, -0.05) is 25.1 Å². The van der Waals surface area contributed by atoms with Gasteiger partial charge in [-0.2, -0.15) is 15.0 Å². The SMILES string of the molecule is CC1CCC(Nc2nc(NCCOCCOCCNC(=O)c3ccccc3)nc(N3CCOCC3)n2)CC1. The molecule has 1 saturated carbocycles. The van der Waals surface area contributed by atoms with Crippen LogP contribution in [0.1, 0.15) is 43.0 Å². The first-order chi connectivity index (χ1) is 18.7. The summed E-state index contributed by atoms with van der Waals surface area (Å²) in [5.74, 6) is 2.53. The van der Waals surface area contributed by atoms with Gasteiger partial charge in [-0.3, -0.25) is 4.79 Å². The Bertz CT molecular complexity index is 967. The molecule has 0 spiro atoms. The largest absolute Gasteiger partial charge is 0.378 e. The van der Waals surface area contributed by atoms with Crippen molar-refractivity contribution in [2.45, 2.75) is 38.6 Å². The molecule has 1 saturated heterocycles. The fourth-order valence-corrected chi connectivity index (χ4v) is 4.49. The third kappa shape index (κ3) is 9.38. The number of aromatic nitrogens is 3. The highest BCUT2D eigenvalue weighted by atomic mass is 16.5. The number of carbonyl (C=O) groups excluding carboxylic acids is 1. The van der Waals surface area contributed by atoms with E-state index in [1.165, 1.54) is 12.8 Å². The maximum absolute atomic E-state index is 12.0. The summed E-state index contributed by atoms with van der Waals surface area (Å²) >= 11 is 0. The zero-order chi connectivity index (χ0) is 26.4. The zero-order valence-electron chi connectivity index (χ0n) is 22.4. The zero-order valence-corrected chi connectivity index (χ0v) is 22.4. The summed E-state index contributed by atoms with van der Waals surface area (Å²) in [6.07, 6.45) is 4.73. The van der Waals surface area contributed by atoms with Crippen LogP contribution in [0.5, 0.6) is 0 Å². The topological polar surface area (TPSA) is 123 Å². The first kappa shape index (κ1) is 28.0. The summed E-state index contributed by atoms with van der Waals surface area (Å²) in [5, 5.41) is 9.65. The molecule has 1 aliphatic heterocycles. The van der Waals surface area contributed by atoms with Crippen LogP contribution in [0.25, 0.3) is 0 Å². The van der Waals surface area contributed by atoms with Crippen molar-refractivity contribution in [3.8, 4) is 0 Å². The standard InChI is InChI=1S/C27H41N7O4/c1-21-7-9-23(10-8-21)30-26-31-25(32-27(33-26)34-13-17-38-18-14-34)29-12-16-37-20-19-36-15-11-28-24(35)22-5-3-2-4-6-22/h2-6,21,23H,7-20H2,1H3,(H,28,35)(H2,29,30,31,32,33). The maximum Gasteiger partial charge on any atom is 0.251 e. The summed E-state index contributed by atoms with van der Waals surface area (Å²) in [6, 6.07) is 9.54. The number of hydrogen-bond acceptors (Lipinski definition) is 10. The van der Waals surface area contributed by atoms with Gasteiger partial charge in [0.05, 0.1) is 39.6 Å². The van der Waals surface area contributed by atoms with Crippen molar-refractivity contribution in [2.75, 3.05) is 81.4 Å². The molecule has 11 heteroatoms. The normalized spacial score (nSPS) is 19.7. The molecule has 11 nitrogen and oxygen atoms in total. The molecule has 2 fully saturated rings. The molecule has 1 amide bonds. The molecule has 0 unspecified atom stereocenters. The molecule has 4 rings (SSSR count). The van der Waals surface area contributed by atoms with Crippen molar-refractivity contribution in [3.05, 3.63) is 35.9 Å². The predicted molar refractivity (Wildman–Crippen MR) is 147 cm³/mol. The lowest BCUT2D eigenvalue weighted by Gasteiger charge is -2.29. The minimum atomic E-state index is -0.0988. The number of morpholine rings is 1. The summed E-state index contributed by atoms with van der Waals surface area (Å²) in [5.41, 5.74) is 0.644. The van der Waals surface area contributed by atoms with E-state index < -0.39 is 0 Å². The van der Waals surface area contributed by atoms with Gasteiger partial charge in [-0.15, -0.1) is 0 Å². The minimum absolute atomic E-state index is 0.0988. The molecule has 2 aromatic rings. The molecule has 0 bridgehead atoms. The molecule has 1 aromatic carbocycles. The molecule has 208 valence electrons. The average Bonchev–Trinajstić information content (AvgIpc) is 2.96.